The number of piperazine rings is 1. The van der Waals surface area contributed by atoms with Crippen molar-refractivity contribution >= 4 is 27.5 Å². The highest BCUT2D eigenvalue weighted by molar-refractivity contribution is 7.89. The second-order valence-electron chi connectivity index (χ2n) is 7.25. The quantitative estimate of drug-likeness (QED) is 0.672. The normalized spacial score (nSPS) is 17.8. The molecule has 2 heterocycles. The van der Waals surface area contributed by atoms with Gasteiger partial charge in [0.2, 0.25) is 10.0 Å². The number of nitrogens with zero attached hydrogens (tertiary/aromatic N) is 2. The molecule has 8 nitrogen and oxygen atoms in total. The van der Waals surface area contributed by atoms with E-state index in [9.17, 15) is 13.2 Å². The van der Waals surface area contributed by atoms with Gasteiger partial charge in [-0.1, -0.05) is 11.6 Å². The molecule has 0 N–H and O–H groups in total. The molecule has 2 aromatic carbocycles. The van der Waals surface area contributed by atoms with E-state index in [0.29, 0.717) is 35.5 Å². The van der Waals surface area contributed by atoms with Gasteiger partial charge in [0, 0.05) is 37.3 Å². The molecule has 2 aliphatic rings. The molecule has 0 saturated carbocycles. The highest BCUT2D eigenvalue weighted by atomic mass is 35.5. The number of sulfonamides is 1. The van der Waals surface area contributed by atoms with Crippen molar-refractivity contribution in [3.8, 4) is 17.2 Å². The summed E-state index contributed by atoms with van der Waals surface area (Å²) in [6.07, 6.45) is -0.692. The Labute approximate surface area is 186 Å². The van der Waals surface area contributed by atoms with Crippen LogP contribution in [0.4, 0.5) is 0 Å². The lowest BCUT2D eigenvalue weighted by molar-refractivity contribution is -0.139. The fourth-order valence-corrected chi connectivity index (χ4v) is 5.07. The Morgan fingerprint density at radius 2 is 1.65 bits per heavy atom. The van der Waals surface area contributed by atoms with Gasteiger partial charge in [0.25, 0.3) is 5.91 Å². The van der Waals surface area contributed by atoms with Crippen LogP contribution in [0, 0.1) is 0 Å². The summed E-state index contributed by atoms with van der Waals surface area (Å²) < 4.78 is 44.1. The minimum Gasteiger partial charge on any atom is -0.486 e. The maximum atomic E-state index is 13.0. The van der Waals surface area contributed by atoms with Crippen molar-refractivity contribution in [1.82, 2.24) is 9.21 Å². The van der Waals surface area contributed by atoms with Crippen molar-refractivity contribution in [2.75, 3.05) is 39.4 Å². The number of halogens is 1. The van der Waals surface area contributed by atoms with Gasteiger partial charge in [-0.3, -0.25) is 4.79 Å². The van der Waals surface area contributed by atoms with Crippen LogP contribution in [0.3, 0.4) is 0 Å². The summed E-state index contributed by atoms with van der Waals surface area (Å²) in [6, 6.07) is 11.4. The summed E-state index contributed by atoms with van der Waals surface area (Å²) in [5.41, 5.74) is 0. The van der Waals surface area contributed by atoms with Crippen molar-refractivity contribution in [1.29, 1.82) is 0 Å². The third-order valence-electron chi connectivity index (χ3n) is 5.18. The smallest absolute Gasteiger partial charge is 0.263 e. The molecule has 0 radical (unpaired) electrons. The van der Waals surface area contributed by atoms with Gasteiger partial charge in [-0.05, 0) is 43.3 Å². The number of hydrogen-bond donors (Lipinski definition) is 0. The van der Waals surface area contributed by atoms with Crippen LogP contribution in [0.25, 0.3) is 0 Å². The predicted octanol–water partition coefficient (Wildman–Crippen LogP) is 2.41. The number of amides is 1. The SMILES string of the molecule is C[C@@H](Oc1ccc(Cl)cc1)C(=O)N1CCN(S(=O)(=O)c2ccc3c(c2)OCCO3)CC1. The second-order valence-corrected chi connectivity index (χ2v) is 9.62. The Kier molecular flexibility index (Phi) is 6.27. The van der Waals surface area contributed by atoms with Crippen LogP contribution in [0.15, 0.2) is 47.4 Å². The topological polar surface area (TPSA) is 85.4 Å². The van der Waals surface area contributed by atoms with E-state index >= 15 is 0 Å². The van der Waals surface area contributed by atoms with E-state index in [1.807, 2.05) is 0 Å². The summed E-state index contributed by atoms with van der Waals surface area (Å²) in [5, 5.41) is 0.585. The summed E-state index contributed by atoms with van der Waals surface area (Å²) in [5.74, 6) is 1.32. The summed E-state index contributed by atoms with van der Waals surface area (Å²) in [6.45, 7) is 3.48. The predicted molar refractivity (Wildman–Crippen MR) is 114 cm³/mol. The minimum atomic E-state index is -3.70. The lowest BCUT2D eigenvalue weighted by Crippen LogP contribution is -2.53. The van der Waals surface area contributed by atoms with Crippen LogP contribution in [-0.2, 0) is 14.8 Å². The summed E-state index contributed by atoms with van der Waals surface area (Å²) >= 11 is 5.86. The van der Waals surface area contributed by atoms with Gasteiger partial charge in [0.05, 0.1) is 4.90 Å². The van der Waals surface area contributed by atoms with Gasteiger partial charge in [-0.2, -0.15) is 4.31 Å². The molecule has 166 valence electrons. The Bertz CT molecular complexity index is 1050. The first-order valence-electron chi connectivity index (χ1n) is 9.95. The molecule has 1 amide bonds. The lowest BCUT2D eigenvalue weighted by Gasteiger charge is -2.35. The Balaban J connectivity index is 1.37. The molecule has 10 heteroatoms. The third kappa shape index (κ3) is 4.73. The van der Waals surface area contributed by atoms with Crippen LogP contribution in [0.2, 0.25) is 5.02 Å². The molecule has 0 spiro atoms. The number of carbonyl (C=O) groups excluding carboxylic acids is 1. The highest BCUT2D eigenvalue weighted by Gasteiger charge is 2.32. The fourth-order valence-electron chi connectivity index (χ4n) is 3.51. The monoisotopic (exact) mass is 466 g/mol. The molecule has 31 heavy (non-hydrogen) atoms. The average molecular weight is 467 g/mol. The number of benzene rings is 2. The van der Waals surface area contributed by atoms with E-state index in [-0.39, 0.29) is 37.0 Å². The molecule has 1 fully saturated rings. The average Bonchev–Trinajstić information content (AvgIpc) is 2.79. The number of ether oxygens (including phenoxy) is 3. The van der Waals surface area contributed by atoms with Gasteiger partial charge in [0.15, 0.2) is 17.6 Å². The van der Waals surface area contributed by atoms with E-state index in [4.69, 9.17) is 25.8 Å². The second kappa shape index (κ2) is 8.94. The van der Waals surface area contributed by atoms with Crippen LogP contribution in [-0.4, -0.2) is 69.0 Å². The fraction of sp³-hybridized carbons (Fsp3) is 0.381. The zero-order chi connectivity index (χ0) is 22.0. The first kappa shape index (κ1) is 21.7. The largest absolute Gasteiger partial charge is 0.486 e. The minimum absolute atomic E-state index is 0.149. The van der Waals surface area contributed by atoms with Gasteiger partial charge >= 0.3 is 0 Å². The van der Waals surface area contributed by atoms with Crippen LogP contribution in [0.5, 0.6) is 17.2 Å². The molecule has 0 aliphatic carbocycles. The zero-order valence-corrected chi connectivity index (χ0v) is 18.6. The van der Waals surface area contributed by atoms with Gasteiger partial charge in [0.1, 0.15) is 19.0 Å². The summed E-state index contributed by atoms with van der Waals surface area (Å²) in [7, 11) is -3.70. The molecule has 0 aromatic heterocycles. The molecule has 0 bridgehead atoms. The van der Waals surface area contributed by atoms with Crippen molar-refractivity contribution in [3.05, 3.63) is 47.5 Å². The molecule has 1 saturated heterocycles. The summed E-state index contributed by atoms with van der Waals surface area (Å²) in [4.78, 5) is 14.5. The van der Waals surface area contributed by atoms with Gasteiger partial charge < -0.3 is 19.1 Å². The van der Waals surface area contributed by atoms with Crippen LogP contribution < -0.4 is 14.2 Å². The van der Waals surface area contributed by atoms with E-state index < -0.39 is 16.1 Å². The lowest BCUT2D eigenvalue weighted by atomic mass is 10.2. The van der Waals surface area contributed by atoms with E-state index in [0.717, 1.165) is 0 Å². The van der Waals surface area contributed by atoms with Gasteiger partial charge in [-0.15, -0.1) is 0 Å². The first-order chi connectivity index (χ1) is 14.8. The van der Waals surface area contributed by atoms with Gasteiger partial charge in [-0.25, -0.2) is 8.42 Å². The zero-order valence-electron chi connectivity index (χ0n) is 17.0. The maximum absolute atomic E-state index is 13.0. The first-order valence-corrected chi connectivity index (χ1v) is 11.8. The number of hydrogen-bond acceptors (Lipinski definition) is 6. The molecule has 2 aromatic rings. The molecular formula is C21H23ClN2O6S. The number of carbonyl (C=O) groups is 1. The third-order valence-corrected chi connectivity index (χ3v) is 7.32. The number of fused-ring (bicyclic) bond motifs is 1. The molecular weight excluding hydrogens is 444 g/mol. The van der Waals surface area contributed by atoms with Crippen molar-refractivity contribution in [3.63, 3.8) is 0 Å². The van der Waals surface area contributed by atoms with E-state index in [1.54, 1.807) is 42.2 Å². The molecule has 2 aliphatic heterocycles. The van der Waals surface area contributed by atoms with E-state index in [2.05, 4.69) is 0 Å². The van der Waals surface area contributed by atoms with Crippen LogP contribution in [0.1, 0.15) is 6.92 Å². The van der Waals surface area contributed by atoms with E-state index in [1.165, 1.54) is 16.4 Å². The van der Waals surface area contributed by atoms with Crippen molar-refractivity contribution in [2.45, 2.75) is 17.9 Å². The Morgan fingerprint density at radius 3 is 2.32 bits per heavy atom. The molecule has 0 unspecified atom stereocenters. The Morgan fingerprint density at radius 1 is 1.00 bits per heavy atom. The molecule has 1 atom stereocenters. The number of rotatable bonds is 5. The van der Waals surface area contributed by atoms with Crippen molar-refractivity contribution in [2.24, 2.45) is 0 Å². The van der Waals surface area contributed by atoms with Crippen molar-refractivity contribution < 1.29 is 27.4 Å². The standard InChI is InChI=1S/C21H23ClN2O6S/c1-15(30-17-4-2-16(22)3-5-17)21(25)23-8-10-24(11-9-23)31(26,27)18-6-7-19-20(14-18)29-13-12-28-19/h2-7,14-15H,8-13H2,1H3/t15-/m1/s1. The molecule has 4 rings (SSSR count). The maximum Gasteiger partial charge on any atom is 0.263 e. The Hall–Kier alpha value is -2.49. The van der Waals surface area contributed by atoms with Crippen LogP contribution >= 0.6 is 11.6 Å². The highest BCUT2D eigenvalue weighted by Crippen LogP contribution is 2.33.